The van der Waals surface area contributed by atoms with Gasteiger partial charge in [-0.25, -0.2) is 9.78 Å². The first-order valence-corrected chi connectivity index (χ1v) is 10.7. The first-order chi connectivity index (χ1) is 14.1. The average Bonchev–Trinajstić information content (AvgIpc) is 3.48. The summed E-state index contributed by atoms with van der Waals surface area (Å²) in [6, 6.07) is 3.78. The fourth-order valence-electron chi connectivity index (χ4n) is 4.00. The van der Waals surface area contributed by atoms with E-state index in [0.717, 1.165) is 25.0 Å². The van der Waals surface area contributed by atoms with Gasteiger partial charge < -0.3 is 14.2 Å². The standard InChI is InChI=1S/C20H24N4O4S/c1-28-19(27)16-4-2-8-23(16)15-6-10-22(11-7-15)18(26)12-14-13-29-20(21-14)24-9-3-5-17(24)25/h2,4,8,13,15H,3,5-7,9-12H2,1H3. The van der Waals surface area contributed by atoms with Crippen LogP contribution in [0.1, 0.15) is 47.9 Å². The zero-order chi connectivity index (χ0) is 20.4. The van der Waals surface area contributed by atoms with Crippen LogP contribution in [0.5, 0.6) is 0 Å². The molecule has 29 heavy (non-hydrogen) atoms. The largest absolute Gasteiger partial charge is 0.464 e. The molecule has 4 rings (SSSR count). The van der Waals surface area contributed by atoms with Gasteiger partial charge in [0, 0.05) is 43.7 Å². The molecule has 9 heteroatoms. The highest BCUT2D eigenvalue weighted by atomic mass is 32.1. The lowest BCUT2D eigenvalue weighted by Gasteiger charge is -2.33. The van der Waals surface area contributed by atoms with Crippen LogP contribution in [-0.4, -0.2) is 59.0 Å². The normalized spacial score (nSPS) is 17.8. The summed E-state index contributed by atoms with van der Waals surface area (Å²) >= 11 is 1.42. The lowest BCUT2D eigenvalue weighted by atomic mass is 10.0. The molecule has 2 aromatic rings. The fourth-order valence-corrected chi connectivity index (χ4v) is 4.87. The minimum atomic E-state index is -0.343. The van der Waals surface area contributed by atoms with Crippen molar-refractivity contribution in [3.63, 3.8) is 0 Å². The Labute approximate surface area is 173 Å². The number of thiazole rings is 1. The number of anilines is 1. The number of likely N-dealkylation sites (tertiary alicyclic amines) is 1. The third-order valence-electron chi connectivity index (χ3n) is 5.56. The van der Waals surface area contributed by atoms with Crippen molar-refractivity contribution in [1.29, 1.82) is 0 Å². The van der Waals surface area contributed by atoms with E-state index in [1.165, 1.54) is 18.4 Å². The van der Waals surface area contributed by atoms with Crippen LogP contribution >= 0.6 is 11.3 Å². The molecule has 2 aliphatic heterocycles. The van der Waals surface area contributed by atoms with Gasteiger partial charge in [0.2, 0.25) is 11.8 Å². The van der Waals surface area contributed by atoms with Gasteiger partial charge in [0.15, 0.2) is 5.13 Å². The van der Waals surface area contributed by atoms with E-state index in [4.69, 9.17) is 4.74 Å². The Kier molecular flexibility index (Phi) is 5.66. The number of amides is 2. The van der Waals surface area contributed by atoms with E-state index in [1.807, 2.05) is 27.1 Å². The molecule has 0 unspecified atom stereocenters. The average molecular weight is 417 g/mol. The zero-order valence-corrected chi connectivity index (χ0v) is 17.2. The minimum Gasteiger partial charge on any atom is -0.464 e. The number of carbonyl (C=O) groups excluding carboxylic acids is 3. The predicted octanol–water partition coefficient (Wildman–Crippen LogP) is 2.26. The summed E-state index contributed by atoms with van der Waals surface area (Å²) in [5.41, 5.74) is 1.26. The summed E-state index contributed by atoms with van der Waals surface area (Å²) in [4.78, 5) is 44.5. The maximum Gasteiger partial charge on any atom is 0.354 e. The van der Waals surface area contributed by atoms with Gasteiger partial charge in [-0.1, -0.05) is 0 Å². The second-order valence-corrected chi connectivity index (χ2v) is 8.19. The van der Waals surface area contributed by atoms with Crippen molar-refractivity contribution in [1.82, 2.24) is 14.5 Å². The first-order valence-electron chi connectivity index (χ1n) is 9.84. The Bertz CT molecular complexity index is 913. The highest BCUT2D eigenvalue weighted by molar-refractivity contribution is 7.14. The molecular formula is C20H24N4O4S. The molecular weight excluding hydrogens is 392 g/mol. The molecule has 2 amide bonds. The van der Waals surface area contributed by atoms with Crippen LogP contribution in [0.2, 0.25) is 0 Å². The van der Waals surface area contributed by atoms with Gasteiger partial charge in [0.25, 0.3) is 0 Å². The highest BCUT2D eigenvalue weighted by Gasteiger charge is 2.28. The molecule has 2 aliphatic rings. The smallest absolute Gasteiger partial charge is 0.354 e. The van der Waals surface area contributed by atoms with E-state index >= 15 is 0 Å². The van der Waals surface area contributed by atoms with Crippen LogP contribution in [0.15, 0.2) is 23.7 Å². The van der Waals surface area contributed by atoms with Crippen molar-refractivity contribution in [3.8, 4) is 0 Å². The molecule has 8 nitrogen and oxygen atoms in total. The molecule has 2 fully saturated rings. The number of rotatable bonds is 5. The van der Waals surface area contributed by atoms with Crippen LogP contribution in [-0.2, 0) is 20.7 Å². The molecule has 0 N–H and O–H groups in total. The monoisotopic (exact) mass is 416 g/mol. The molecule has 0 bridgehead atoms. The van der Waals surface area contributed by atoms with Crippen LogP contribution < -0.4 is 4.90 Å². The Balaban J connectivity index is 1.33. The van der Waals surface area contributed by atoms with Crippen molar-refractivity contribution in [2.75, 3.05) is 31.6 Å². The maximum atomic E-state index is 12.7. The maximum absolute atomic E-state index is 12.7. The van der Waals surface area contributed by atoms with Crippen molar-refractivity contribution in [3.05, 3.63) is 35.1 Å². The van der Waals surface area contributed by atoms with Crippen molar-refractivity contribution in [2.24, 2.45) is 0 Å². The summed E-state index contributed by atoms with van der Waals surface area (Å²) < 4.78 is 6.79. The number of esters is 1. The van der Waals surface area contributed by atoms with Crippen LogP contribution in [0.25, 0.3) is 0 Å². The number of ether oxygens (including phenoxy) is 1. The van der Waals surface area contributed by atoms with E-state index < -0.39 is 0 Å². The van der Waals surface area contributed by atoms with Gasteiger partial charge in [-0.2, -0.15) is 0 Å². The highest BCUT2D eigenvalue weighted by Crippen LogP contribution is 2.27. The van der Waals surface area contributed by atoms with Crippen molar-refractivity contribution >= 4 is 34.3 Å². The molecule has 2 saturated heterocycles. The van der Waals surface area contributed by atoms with Crippen molar-refractivity contribution in [2.45, 2.75) is 38.1 Å². The molecule has 0 aromatic carbocycles. The first kappa shape index (κ1) is 19.6. The second-order valence-electron chi connectivity index (χ2n) is 7.35. The molecule has 0 atom stereocenters. The second kappa shape index (κ2) is 8.36. The number of hydrogen-bond acceptors (Lipinski definition) is 6. The SMILES string of the molecule is COC(=O)c1cccn1C1CCN(C(=O)Cc2csc(N3CCCC3=O)n2)CC1. The zero-order valence-electron chi connectivity index (χ0n) is 16.4. The molecule has 0 aliphatic carbocycles. The summed E-state index contributed by atoms with van der Waals surface area (Å²) in [6.07, 6.45) is 5.15. The van der Waals surface area contributed by atoms with Gasteiger partial charge in [-0.3, -0.25) is 14.5 Å². The number of piperidine rings is 1. The molecule has 4 heterocycles. The van der Waals surface area contributed by atoms with Gasteiger partial charge in [-0.15, -0.1) is 11.3 Å². The third-order valence-corrected chi connectivity index (χ3v) is 6.47. The number of methoxy groups -OCH3 is 1. The summed E-state index contributed by atoms with van der Waals surface area (Å²) in [7, 11) is 1.38. The lowest BCUT2D eigenvalue weighted by Crippen LogP contribution is -2.40. The Morgan fingerprint density at radius 2 is 2.07 bits per heavy atom. The quantitative estimate of drug-likeness (QED) is 0.698. The van der Waals surface area contributed by atoms with Crippen LogP contribution in [0.3, 0.4) is 0 Å². The van der Waals surface area contributed by atoms with Crippen LogP contribution in [0.4, 0.5) is 5.13 Å². The Morgan fingerprint density at radius 1 is 1.28 bits per heavy atom. The molecule has 0 spiro atoms. The van der Waals surface area contributed by atoms with E-state index in [1.54, 1.807) is 11.0 Å². The number of nitrogens with zero attached hydrogens (tertiary/aromatic N) is 4. The molecule has 0 saturated carbocycles. The van der Waals surface area contributed by atoms with Gasteiger partial charge in [-0.05, 0) is 31.4 Å². The lowest BCUT2D eigenvalue weighted by molar-refractivity contribution is -0.131. The molecule has 154 valence electrons. The molecule has 0 radical (unpaired) electrons. The number of hydrogen-bond donors (Lipinski definition) is 0. The summed E-state index contributed by atoms with van der Waals surface area (Å²) in [6.45, 7) is 1.99. The fraction of sp³-hybridized carbons (Fsp3) is 0.500. The van der Waals surface area contributed by atoms with Gasteiger partial charge in [0.1, 0.15) is 5.69 Å². The Hall–Kier alpha value is -2.68. The Morgan fingerprint density at radius 3 is 2.76 bits per heavy atom. The van der Waals surface area contributed by atoms with E-state index in [-0.39, 0.29) is 30.2 Å². The van der Waals surface area contributed by atoms with E-state index in [9.17, 15) is 14.4 Å². The van der Waals surface area contributed by atoms with Crippen LogP contribution in [0, 0.1) is 0 Å². The minimum absolute atomic E-state index is 0.0498. The van der Waals surface area contributed by atoms with E-state index in [0.29, 0.717) is 36.9 Å². The molecule has 2 aromatic heterocycles. The summed E-state index contributed by atoms with van der Waals surface area (Å²) in [5, 5.41) is 2.56. The van der Waals surface area contributed by atoms with Crippen molar-refractivity contribution < 1.29 is 19.1 Å². The number of aromatic nitrogens is 2. The van der Waals surface area contributed by atoms with Gasteiger partial charge in [0.05, 0.1) is 19.2 Å². The summed E-state index contributed by atoms with van der Waals surface area (Å²) in [5.74, 6) is -0.186. The predicted molar refractivity (Wildman–Crippen MR) is 108 cm³/mol. The van der Waals surface area contributed by atoms with E-state index in [2.05, 4.69) is 4.98 Å². The third kappa shape index (κ3) is 4.05. The van der Waals surface area contributed by atoms with Gasteiger partial charge >= 0.3 is 5.97 Å². The topological polar surface area (TPSA) is 84.7 Å². The number of carbonyl (C=O) groups is 3.